The first kappa shape index (κ1) is 13.4. The summed E-state index contributed by atoms with van der Waals surface area (Å²) in [6, 6.07) is 7.60. The highest BCUT2D eigenvalue weighted by atomic mass is 15.2. The molecule has 1 aromatic rings. The highest BCUT2D eigenvalue weighted by Gasteiger charge is 2.27. The molecule has 0 atom stereocenters. The van der Waals surface area contributed by atoms with Crippen LogP contribution in [0.1, 0.15) is 37.8 Å². The molecule has 0 bridgehead atoms. The van der Waals surface area contributed by atoms with Gasteiger partial charge >= 0.3 is 0 Å². The number of nitrogens with one attached hydrogen (secondary N) is 1. The van der Waals surface area contributed by atoms with Gasteiger partial charge in [0.2, 0.25) is 0 Å². The average Bonchev–Trinajstić information content (AvgIpc) is 3.11. The van der Waals surface area contributed by atoms with Crippen LogP contribution in [0.3, 0.4) is 0 Å². The smallest absolute Gasteiger partial charge is 0.0411 e. The van der Waals surface area contributed by atoms with E-state index in [1.165, 1.54) is 29.7 Å². The van der Waals surface area contributed by atoms with Crippen LogP contribution in [0, 0.1) is 12.8 Å². The molecule has 1 aliphatic rings. The van der Waals surface area contributed by atoms with Crippen LogP contribution in [0.2, 0.25) is 0 Å². The normalized spacial score (nSPS) is 15.2. The fraction of sp³-hybridized carbons (Fsp3) is 0.625. The van der Waals surface area contributed by atoms with E-state index < -0.39 is 0 Å². The van der Waals surface area contributed by atoms with E-state index >= 15 is 0 Å². The summed E-state index contributed by atoms with van der Waals surface area (Å²) < 4.78 is 0. The van der Waals surface area contributed by atoms with Crippen molar-refractivity contribution >= 4 is 5.69 Å². The molecule has 0 amide bonds. The van der Waals surface area contributed by atoms with Crippen LogP contribution in [0.25, 0.3) is 0 Å². The Bertz CT molecular complexity index is 394. The molecule has 1 N–H and O–H groups in total. The van der Waals surface area contributed by atoms with E-state index in [0.29, 0.717) is 5.92 Å². The first-order valence-electron chi connectivity index (χ1n) is 7.11. The maximum Gasteiger partial charge on any atom is 0.0411 e. The lowest BCUT2D eigenvalue weighted by atomic mass is 10.1. The molecule has 2 rings (SSSR count). The fourth-order valence-corrected chi connectivity index (χ4v) is 2.35. The summed E-state index contributed by atoms with van der Waals surface area (Å²) in [5, 5.41) is 3.56. The van der Waals surface area contributed by atoms with Crippen molar-refractivity contribution in [3.63, 3.8) is 0 Å². The molecule has 0 unspecified atom stereocenters. The van der Waals surface area contributed by atoms with E-state index in [9.17, 15) is 0 Å². The third-order valence-electron chi connectivity index (χ3n) is 3.58. The van der Waals surface area contributed by atoms with Crippen molar-refractivity contribution in [3.05, 3.63) is 29.3 Å². The molecule has 1 fully saturated rings. The summed E-state index contributed by atoms with van der Waals surface area (Å²) in [5.74, 6) is 0.708. The van der Waals surface area contributed by atoms with Crippen molar-refractivity contribution in [1.29, 1.82) is 0 Å². The minimum absolute atomic E-state index is 0.708. The molecule has 2 nitrogen and oxygen atoms in total. The Morgan fingerprint density at radius 3 is 2.67 bits per heavy atom. The Labute approximate surface area is 111 Å². The van der Waals surface area contributed by atoms with E-state index in [1.807, 2.05) is 0 Å². The van der Waals surface area contributed by atoms with Gasteiger partial charge in [-0.1, -0.05) is 31.5 Å². The lowest BCUT2D eigenvalue weighted by molar-refractivity contribution is 0.552. The summed E-state index contributed by atoms with van der Waals surface area (Å²) >= 11 is 0. The number of hydrogen-bond acceptors (Lipinski definition) is 2. The molecule has 18 heavy (non-hydrogen) atoms. The number of rotatable bonds is 6. The minimum Gasteiger partial charge on any atom is -0.371 e. The van der Waals surface area contributed by atoms with Gasteiger partial charge < -0.3 is 10.2 Å². The zero-order chi connectivity index (χ0) is 13.1. The molecular weight excluding hydrogens is 220 g/mol. The summed E-state index contributed by atoms with van der Waals surface area (Å²) in [6.07, 6.45) is 2.70. The molecule has 0 spiro atoms. The standard InChI is InChI=1S/C16H26N2/c1-12(2)10-17-11-14-9-13(3)5-8-16(14)18(4)15-6-7-15/h5,8-9,12,15,17H,6-7,10-11H2,1-4H3. The highest BCUT2D eigenvalue weighted by molar-refractivity contribution is 5.56. The van der Waals surface area contributed by atoms with Crippen molar-refractivity contribution in [2.45, 2.75) is 46.2 Å². The van der Waals surface area contributed by atoms with Gasteiger partial charge in [-0.05, 0) is 43.9 Å². The van der Waals surface area contributed by atoms with Crippen LogP contribution < -0.4 is 10.2 Å². The minimum atomic E-state index is 0.708. The second kappa shape index (κ2) is 5.75. The maximum absolute atomic E-state index is 3.56. The number of nitrogens with zero attached hydrogens (tertiary/aromatic N) is 1. The van der Waals surface area contributed by atoms with Crippen molar-refractivity contribution in [1.82, 2.24) is 5.32 Å². The van der Waals surface area contributed by atoms with Gasteiger partial charge in [-0.3, -0.25) is 0 Å². The van der Waals surface area contributed by atoms with E-state index in [1.54, 1.807) is 0 Å². The fourth-order valence-electron chi connectivity index (χ4n) is 2.35. The van der Waals surface area contributed by atoms with Gasteiger partial charge in [0.25, 0.3) is 0 Å². The highest BCUT2D eigenvalue weighted by Crippen LogP contribution is 2.32. The Hall–Kier alpha value is -1.02. The molecule has 1 aliphatic carbocycles. The molecule has 0 heterocycles. The van der Waals surface area contributed by atoms with Crippen LogP contribution >= 0.6 is 0 Å². The molecule has 0 aromatic heterocycles. The maximum atomic E-state index is 3.56. The van der Waals surface area contributed by atoms with Gasteiger partial charge in [0.15, 0.2) is 0 Å². The SMILES string of the molecule is Cc1ccc(N(C)C2CC2)c(CNCC(C)C)c1. The van der Waals surface area contributed by atoms with E-state index in [4.69, 9.17) is 0 Å². The number of anilines is 1. The third-order valence-corrected chi connectivity index (χ3v) is 3.58. The average molecular weight is 246 g/mol. The number of benzene rings is 1. The van der Waals surface area contributed by atoms with Gasteiger partial charge in [-0.15, -0.1) is 0 Å². The lowest BCUT2D eigenvalue weighted by Gasteiger charge is -2.23. The van der Waals surface area contributed by atoms with E-state index in [-0.39, 0.29) is 0 Å². The van der Waals surface area contributed by atoms with E-state index in [0.717, 1.165) is 19.1 Å². The zero-order valence-corrected chi connectivity index (χ0v) is 12.2. The van der Waals surface area contributed by atoms with Crippen molar-refractivity contribution < 1.29 is 0 Å². The zero-order valence-electron chi connectivity index (χ0n) is 12.2. The Morgan fingerprint density at radius 2 is 2.06 bits per heavy atom. The lowest BCUT2D eigenvalue weighted by Crippen LogP contribution is -2.24. The van der Waals surface area contributed by atoms with Gasteiger partial charge in [0.05, 0.1) is 0 Å². The molecule has 0 radical (unpaired) electrons. The summed E-state index contributed by atoms with van der Waals surface area (Å²) in [6.45, 7) is 8.74. The summed E-state index contributed by atoms with van der Waals surface area (Å²) in [4.78, 5) is 2.45. The largest absolute Gasteiger partial charge is 0.371 e. The Morgan fingerprint density at radius 1 is 1.33 bits per heavy atom. The van der Waals surface area contributed by atoms with Gasteiger partial charge in [0, 0.05) is 25.3 Å². The van der Waals surface area contributed by atoms with Crippen LogP contribution in [0.15, 0.2) is 18.2 Å². The summed E-state index contributed by atoms with van der Waals surface area (Å²) in [7, 11) is 2.23. The van der Waals surface area contributed by atoms with Gasteiger partial charge in [-0.25, -0.2) is 0 Å². The first-order valence-corrected chi connectivity index (χ1v) is 7.11. The van der Waals surface area contributed by atoms with Crippen molar-refractivity contribution in [2.75, 3.05) is 18.5 Å². The molecule has 2 heteroatoms. The quantitative estimate of drug-likeness (QED) is 0.828. The van der Waals surface area contributed by atoms with Gasteiger partial charge in [0.1, 0.15) is 0 Å². The second-order valence-corrected chi connectivity index (χ2v) is 6.00. The van der Waals surface area contributed by atoms with Crippen LogP contribution in [-0.4, -0.2) is 19.6 Å². The van der Waals surface area contributed by atoms with Crippen molar-refractivity contribution in [3.8, 4) is 0 Å². The molecular formula is C16H26N2. The first-order chi connectivity index (χ1) is 8.58. The monoisotopic (exact) mass is 246 g/mol. The van der Waals surface area contributed by atoms with Crippen LogP contribution in [0.5, 0.6) is 0 Å². The molecule has 100 valence electrons. The summed E-state index contributed by atoms with van der Waals surface area (Å²) in [5.41, 5.74) is 4.19. The molecule has 1 saturated carbocycles. The topological polar surface area (TPSA) is 15.3 Å². The third kappa shape index (κ3) is 3.49. The van der Waals surface area contributed by atoms with Crippen molar-refractivity contribution in [2.24, 2.45) is 5.92 Å². The van der Waals surface area contributed by atoms with Gasteiger partial charge in [-0.2, -0.15) is 0 Å². The van der Waals surface area contributed by atoms with Crippen LogP contribution in [-0.2, 0) is 6.54 Å². The Balaban J connectivity index is 2.07. The predicted octanol–water partition coefficient (Wildman–Crippen LogP) is 3.34. The number of aryl methyl sites for hydroxylation is 1. The molecule has 0 saturated heterocycles. The van der Waals surface area contributed by atoms with E-state index in [2.05, 4.69) is 56.2 Å². The molecule has 0 aliphatic heterocycles. The second-order valence-electron chi connectivity index (χ2n) is 6.00. The molecule has 1 aromatic carbocycles. The number of hydrogen-bond donors (Lipinski definition) is 1. The Kier molecular flexibility index (Phi) is 4.28. The van der Waals surface area contributed by atoms with Crippen LogP contribution in [0.4, 0.5) is 5.69 Å². The predicted molar refractivity (Wildman–Crippen MR) is 79.1 cm³/mol.